The molecule has 0 atom stereocenters. The first-order valence-corrected chi connectivity index (χ1v) is 7.89. The van der Waals surface area contributed by atoms with E-state index >= 15 is 0 Å². The summed E-state index contributed by atoms with van der Waals surface area (Å²) < 4.78 is 6.90. The number of carbonyl (C=O) groups is 1. The number of carbonyl (C=O) groups excluding carboxylic acids is 1. The van der Waals surface area contributed by atoms with E-state index in [4.69, 9.17) is 16.0 Å². The van der Waals surface area contributed by atoms with E-state index in [2.05, 4.69) is 15.6 Å². The van der Waals surface area contributed by atoms with Crippen molar-refractivity contribution in [2.75, 3.05) is 0 Å². The zero-order valence-corrected chi connectivity index (χ0v) is 14.2. The van der Waals surface area contributed by atoms with Gasteiger partial charge in [0.15, 0.2) is 10.8 Å². The van der Waals surface area contributed by atoms with E-state index < -0.39 is 0 Å². The molecule has 7 heteroatoms. The van der Waals surface area contributed by atoms with E-state index in [1.165, 1.54) is 10.2 Å². The van der Waals surface area contributed by atoms with Gasteiger partial charge in [-0.15, -0.1) is 5.10 Å². The first kappa shape index (κ1) is 16.3. The Morgan fingerprint density at radius 3 is 2.62 bits per heavy atom. The van der Waals surface area contributed by atoms with Crippen LogP contribution >= 0.6 is 11.6 Å². The zero-order valence-electron chi connectivity index (χ0n) is 13.4. The minimum atomic E-state index is -0.385. The SMILES string of the molecule is Cc1ccc(Cn2nnc(C(=O)NCc3ccc(C)o3)c2Cl)cc1. The average Bonchev–Trinajstić information content (AvgIpc) is 3.14. The second-order valence-corrected chi connectivity index (χ2v) is 5.93. The van der Waals surface area contributed by atoms with Crippen molar-refractivity contribution in [3.05, 3.63) is 69.9 Å². The highest BCUT2D eigenvalue weighted by molar-refractivity contribution is 6.32. The van der Waals surface area contributed by atoms with Crippen molar-refractivity contribution in [1.29, 1.82) is 0 Å². The average molecular weight is 345 g/mol. The van der Waals surface area contributed by atoms with Gasteiger partial charge in [0, 0.05) is 0 Å². The molecule has 0 unspecified atom stereocenters. The fourth-order valence-corrected chi connectivity index (χ4v) is 2.46. The minimum Gasteiger partial charge on any atom is -0.465 e. The normalized spacial score (nSPS) is 10.8. The molecule has 0 bridgehead atoms. The number of amides is 1. The van der Waals surface area contributed by atoms with Crippen LogP contribution in [0.25, 0.3) is 0 Å². The van der Waals surface area contributed by atoms with Crippen LogP contribution in [0.2, 0.25) is 5.15 Å². The molecule has 0 spiro atoms. The summed E-state index contributed by atoms with van der Waals surface area (Å²) in [5.41, 5.74) is 2.31. The molecule has 0 radical (unpaired) electrons. The van der Waals surface area contributed by atoms with Crippen LogP contribution in [0, 0.1) is 13.8 Å². The fraction of sp³-hybridized carbons (Fsp3) is 0.235. The number of nitrogens with zero attached hydrogens (tertiary/aromatic N) is 3. The molecule has 0 aliphatic heterocycles. The van der Waals surface area contributed by atoms with Gasteiger partial charge in [0.25, 0.3) is 5.91 Å². The molecule has 1 aromatic carbocycles. The van der Waals surface area contributed by atoms with Crippen molar-refractivity contribution in [1.82, 2.24) is 20.3 Å². The van der Waals surface area contributed by atoms with Gasteiger partial charge in [0.2, 0.25) is 0 Å². The molecule has 1 amide bonds. The van der Waals surface area contributed by atoms with Gasteiger partial charge < -0.3 is 9.73 Å². The maximum Gasteiger partial charge on any atom is 0.275 e. The number of furan rings is 1. The van der Waals surface area contributed by atoms with Crippen LogP contribution in [0.15, 0.2) is 40.8 Å². The fourth-order valence-electron chi connectivity index (χ4n) is 2.24. The molecule has 2 aromatic heterocycles. The van der Waals surface area contributed by atoms with Crippen LogP contribution in [0.4, 0.5) is 0 Å². The predicted octanol–water partition coefficient (Wildman–Crippen LogP) is 3.12. The number of hydrogen-bond donors (Lipinski definition) is 1. The predicted molar refractivity (Wildman–Crippen MR) is 89.9 cm³/mol. The first-order chi connectivity index (χ1) is 11.5. The maximum atomic E-state index is 12.2. The van der Waals surface area contributed by atoms with Gasteiger partial charge in [-0.25, -0.2) is 4.68 Å². The Morgan fingerprint density at radius 1 is 1.21 bits per heavy atom. The minimum absolute atomic E-state index is 0.104. The third-order valence-corrected chi connectivity index (χ3v) is 3.94. The molecule has 124 valence electrons. The van der Waals surface area contributed by atoms with E-state index in [-0.39, 0.29) is 23.3 Å². The lowest BCUT2D eigenvalue weighted by molar-refractivity contribution is 0.0943. The number of hydrogen-bond acceptors (Lipinski definition) is 4. The lowest BCUT2D eigenvalue weighted by atomic mass is 10.1. The van der Waals surface area contributed by atoms with Crippen LogP contribution in [0.5, 0.6) is 0 Å². The largest absolute Gasteiger partial charge is 0.465 e. The van der Waals surface area contributed by atoms with Gasteiger partial charge in [-0.05, 0) is 31.5 Å². The zero-order chi connectivity index (χ0) is 17.1. The lowest BCUT2D eigenvalue weighted by Gasteiger charge is -2.04. The maximum absolute atomic E-state index is 12.2. The summed E-state index contributed by atoms with van der Waals surface area (Å²) in [5, 5.41) is 10.8. The Hall–Kier alpha value is -2.60. The Bertz CT molecular complexity index is 852. The molecular weight excluding hydrogens is 328 g/mol. The molecule has 0 saturated carbocycles. The molecule has 0 aliphatic rings. The monoisotopic (exact) mass is 344 g/mol. The van der Waals surface area contributed by atoms with Gasteiger partial charge in [-0.1, -0.05) is 46.6 Å². The Morgan fingerprint density at radius 2 is 1.96 bits per heavy atom. The molecule has 0 saturated heterocycles. The molecular formula is C17H17ClN4O2. The molecule has 2 heterocycles. The number of aromatic nitrogens is 3. The lowest BCUT2D eigenvalue weighted by Crippen LogP contribution is -2.23. The number of halogens is 1. The summed E-state index contributed by atoms with van der Waals surface area (Å²) in [7, 11) is 0. The molecule has 3 aromatic rings. The Balaban J connectivity index is 1.67. The van der Waals surface area contributed by atoms with Crippen LogP contribution in [0.1, 0.15) is 33.1 Å². The summed E-state index contributed by atoms with van der Waals surface area (Å²) in [5.74, 6) is 1.08. The smallest absolute Gasteiger partial charge is 0.275 e. The van der Waals surface area contributed by atoms with Crippen molar-refractivity contribution >= 4 is 17.5 Å². The van der Waals surface area contributed by atoms with E-state index in [1.807, 2.05) is 50.2 Å². The standard InChI is InChI=1S/C17H17ClN4O2/c1-11-3-6-13(7-4-11)10-22-16(18)15(20-21-22)17(23)19-9-14-8-5-12(2)24-14/h3-8H,9-10H2,1-2H3,(H,19,23). The summed E-state index contributed by atoms with van der Waals surface area (Å²) in [6.07, 6.45) is 0. The van der Waals surface area contributed by atoms with Gasteiger partial charge in [-0.3, -0.25) is 4.79 Å². The highest BCUT2D eigenvalue weighted by atomic mass is 35.5. The number of benzene rings is 1. The van der Waals surface area contributed by atoms with Gasteiger partial charge in [0.1, 0.15) is 11.5 Å². The topological polar surface area (TPSA) is 73.0 Å². The number of nitrogens with one attached hydrogen (secondary N) is 1. The van der Waals surface area contributed by atoms with Crippen molar-refractivity contribution in [2.24, 2.45) is 0 Å². The highest BCUT2D eigenvalue weighted by Crippen LogP contribution is 2.15. The third kappa shape index (κ3) is 3.65. The molecule has 6 nitrogen and oxygen atoms in total. The summed E-state index contributed by atoms with van der Waals surface area (Å²) >= 11 is 6.24. The Labute approximate surface area is 144 Å². The summed E-state index contributed by atoms with van der Waals surface area (Å²) in [6, 6.07) is 11.7. The van der Waals surface area contributed by atoms with Crippen LogP contribution in [-0.4, -0.2) is 20.9 Å². The van der Waals surface area contributed by atoms with E-state index in [1.54, 1.807) is 0 Å². The van der Waals surface area contributed by atoms with Crippen molar-refractivity contribution in [2.45, 2.75) is 26.9 Å². The van der Waals surface area contributed by atoms with E-state index in [0.717, 1.165) is 11.3 Å². The quantitative estimate of drug-likeness (QED) is 0.771. The second-order valence-electron chi connectivity index (χ2n) is 5.57. The van der Waals surface area contributed by atoms with Crippen LogP contribution < -0.4 is 5.32 Å². The summed E-state index contributed by atoms with van der Waals surface area (Å²) in [4.78, 5) is 12.2. The summed E-state index contributed by atoms with van der Waals surface area (Å²) in [6.45, 7) is 4.60. The van der Waals surface area contributed by atoms with Crippen molar-refractivity contribution < 1.29 is 9.21 Å². The van der Waals surface area contributed by atoms with Gasteiger partial charge in [0.05, 0.1) is 13.1 Å². The third-order valence-electron chi connectivity index (χ3n) is 3.56. The number of aryl methyl sites for hydroxylation is 2. The first-order valence-electron chi connectivity index (χ1n) is 7.51. The van der Waals surface area contributed by atoms with Crippen molar-refractivity contribution in [3.8, 4) is 0 Å². The molecule has 0 aliphatic carbocycles. The molecule has 1 N–H and O–H groups in total. The van der Waals surface area contributed by atoms with Gasteiger partial charge >= 0.3 is 0 Å². The van der Waals surface area contributed by atoms with Crippen molar-refractivity contribution in [3.63, 3.8) is 0 Å². The van der Waals surface area contributed by atoms with Crippen LogP contribution in [-0.2, 0) is 13.1 Å². The second kappa shape index (κ2) is 6.88. The van der Waals surface area contributed by atoms with E-state index in [0.29, 0.717) is 12.3 Å². The number of rotatable bonds is 5. The van der Waals surface area contributed by atoms with Crippen LogP contribution in [0.3, 0.4) is 0 Å². The molecule has 0 fully saturated rings. The van der Waals surface area contributed by atoms with E-state index in [9.17, 15) is 4.79 Å². The molecule has 3 rings (SSSR count). The highest BCUT2D eigenvalue weighted by Gasteiger charge is 2.18. The van der Waals surface area contributed by atoms with Gasteiger partial charge in [-0.2, -0.15) is 0 Å². The Kier molecular flexibility index (Phi) is 4.66. The molecule has 24 heavy (non-hydrogen) atoms.